The quantitative estimate of drug-likeness (QED) is 0.413. The van der Waals surface area contributed by atoms with Gasteiger partial charge in [-0.3, -0.25) is 19.1 Å². The van der Waals surface area contributed by atoms with Crippen molar-refractivity contribution in [3.8, 4) is 0 Å². The summed E-state index contributed by atoms with van der Waals surface area (Å²) in [5.41, 5.74) is 7.12. The molecule has 10 nitrogen and oxygen atoms in total. The van der Waals surface area contributed by atoms with Gasteiger partial charge in [-0.1, -0.05) is 17.6 Å². The number of hydrogen-bond acceptors (Lipinski definition) is 6. The Morgan fingerprint density at radius 2 is 2.19 bits per heavy atom. The molecule has 1 saturated carbocycles. The van der Waals surface area contributed by atoms with Crippen molar-refractivity contribution < 1.29 is 14.1 Å². The third-order valence-electron chi connectivity index (χ3n) is 6.14. The molecule has 5 N–H and O–H groups in total. The van der Waals surface area contributed by atoms with E-state index in [2.05, 4.69) is 25.3 Å². The highest BCUT2D eigenvalue weighted by Crippen LogP contribution is 2.32. The van der Waals surface area contributed by atoms with Gasteiger partial charge in [0.2, 0.25) is 5.91 Å². The summed E-state index contributed by atoms with van der Waals surface area (Å²) in [6, 6.07) is 6.50. The van der Waals surface area contributed by atoms with Gasteiger partial charge in [0.15, 0.2) is 5.82 Å². The van der Waals surface area contributed by atoms with Crippen molar-refractivity contribution in [3.63, 3.8) is 0 Å². The number of fused-ring (bicyclic) bond motifs is 1. The number of rotatable bonds is 8. The van der Waals surface area contributed by atoms with Crippen LogP contribution in [0.25, 0.3) is 10.9 Å². The summed E-state index contributed by atoms with van der Waals surface area (Å²) in [7, 11) is 1.92. The Morgan fingerprint density at radius 1 is 1.34 bits per heavy atom. The summed E-state index contributed by atoms with van der Waals surface area (Å²) in [5, 5.41) is 10.6. The fraction of sp³-hybridized carbons (Fsp3) is 0.455. The molecule has 1 aliphatic carbocycles. The second-order valence-corrected chi connectivity index (χ2v) is 8.25. The molecule has 0 aliphatic heterocycles. The maximum Gasteiger partial charge on any atom is 0.438 e. The second kappa shape index (κ2) is 9.39. The largest absolute Gasteiger partial charge is 0.438 e. The predicted octanol–water partition coefficient (Wildman–Crippen LogP) is 1.14. The second-order valence-electron chi connectivity index (χ2n) is 8.25. The molecule has 1 aliphatic rings. The Bertz CT molecular complexity index is 1160. The zero-order chi connectivity index (χ0) is 22.7. The van der Waals surface area contributed by atoms with Gasteiger partial charge in [-0.15, -0.1) is 0 Å². The summed E-state index contributed by atoms with van der Waals surface area (Å²) in [6.45, 7) is 0.417. The number of nitrogens with one attached hydrogen (secondary N) is 3. The summed E-state index contributed by atoms with van der Waals surface area (Å²) in [4.78, 5) is 40.1. The lowest BCUT2D eigenvalue weighted by Gasteiger charge is -2.24. The van der Waals surface area contributed by atoms with Crippen LogP contribution in [0.1, 0.15) is 54.2 Å². The van der Waals surface area contributed by atoms with Crippen LogP contribution in [-0.2, 0) is 11.8 Å². The number of aromatic amines is 1. The minimum absolute atomic E-state index is 0.130. The molecule has 3 aromatic rings. The molecular formula is C22H28N6O4. The maximum atomic E-state index is 13.1. The van der Waals surface area contributed by atoms with E-state index in [1.165, 1.54) is 0 Å². The molecule has 0 bridgehead atoms. The number of benzene rings is 1. The Hall–Kier alpha value is -3.40. The Labute approximate surface area is 184 Å². The van der Waals surface area contributed by atoms with Gasteiger partial charge in [0.25, 0.3) is 5.91 Å². The maximum absolute atomic E-state index is 13.1. The molecule has 32 heavy (non-hydrogen) atoms. The number of H-pyrrole nitrogens is 1. The van der Waals surface area contributed by atoms with Crippen molar-refractivity contribution in [2.45, 2.75) is 50.1 Å². The molecule has 1 aromatic carbocycles. The van der Waals surface area contributed by atoms with E-state index in [-0.39, 0.29) is 23.8 Å². The number of aryl methyl sites for hydroxylation is 1. The first-order chi connectivity index (χ1) is 15.5. The van der Waals surface area contributed by atoms with E-state index in [1.807, 2.05) is 36.0 Å². The number of amides is 2. The van der Waals surface area contributed by atoms with Crippen LogP contribution in [0, 0.1) is 0 Å². The van der Waals surface area contributed by atoms with Crippen LogP contribution in [0.15, 0.2) is 39.8 Å². The molecule has 10 heteroatoms. The third-order valence-corrected chi connectivity index (χ3v) is 6.14. The van der Waals surface area contributed by atoms with Gasteiger partial charge in [-0.2, -0.15) is 0 Å². The van der Waals surface area contributed by atoms with Crippen LogP contribution in [0.3, 0.4) is 0 Å². The summed E-state index contributed by atoms with van der Waals surface area (Å²) in [6.07, 6.45) is 5.35. The van der Waals surface area contributed by atoms with Crippen molar-refractivity contribution in [1.82, 2.24) is 25.3 Å². The smallest absolute Gasteiger partial charge is 0.351 e. The zero-order valence-electron chi connectivity index (χ0n) is 18.0. The lowest BCUT2D eigenvalue weighted by Crippen LogP contribution is -2.50. The monoisotopic (exact) mass is 440 g/mol. The summed E-state index contributed by atoms with van der Waals surface area (Å²) >= 11 is 0. The minimum atomic E-state index is -0.720. The Balaban J connectivity index is 1.49. The first-order valence-corrected chi connectivity index (χ1v) is 10.9. The molecule has 1 fully saturated rings. The normalized spacial score (nSPS) is 19.2. The number of aromatic nitrogens is 3. The van der Waals surface area contributed by atoms with E-state index in [9.17, 15) is 14.4 Å². The first kappa shape index (κ1) is 21.8. The van der Waals surface area contributed by atoms with E-state index in [1.54, 1.807) is 6.07 Å². The van der Waals surface area contributed by atoms with Crippen LogP contribution in [0.2, 0.25) is 0 Å². The van der Waals surface area contributed by atoms with Crippen LogP contribution in [0.4, 0.5) is 0 Å². The number of nitrogens with two attached hydrogens (primary N) is 1. The molecule has 0 saturated heterocycles. The topological polar surface area (TPSA) is 148 Å². The number of carbonyl (C=O) groups is 2. The molecule has 170 valence electrons. The highest BCUT2D eigenvalue weighted by atomic mass is 16.5. The van der Waals surface area contributed by atoms with Gasteiger partial charge in [0, 0.05) is 41.7 Å². The molecule has 0 spiro atoms. The van der Waals surface area contributed by atoms with E-state index in [0.717, 1.165) is 30.2 Å². The van der Waals surface area contributed by atoms with Gasteiger partial charge < -0.3 is 20.9 Å². The Morgan fingerprint density at radius 3 is 2.94 bits per heavy atom. The number of carbonyl (C=O) groups excluding carboxylic acids is 2. The van der Waals surface area contributed by atoms with Crippen LogP contribution in [-0.4, -0.2) is 45.2 Å². The van der Waals surface area contributed by atoms with Gasteiger partial charge in [-0.25, -0.2) is 4.79 Å². The SMILES string of the molecule is Cn1ccc2c(C(=O)N[C@@H](CCCN)C(=O)N[C@H]3CCC[C@H]3c3noc(=O)[nH]3)cccc21. The summed E-state index contributed by atoms with van der Waals surface area (Å²) < 4.78 is 6.57. The molecule has 0 radical (unpaired) electrons. The first-order valence-electron chi connectivity index (χ1n) is 10.9. The average Bonchev–Trinajstić information content (AvgIpc) is 3.51. The minimum Gasteiger partial charge on any atom is -0.351 e. The molecule has 2 amide bonds. The van der Waals surface area contributed by atoms with E-state index in [4.69, 9.17) is 5.73 Å². The summed E-state index contributed by atoms with van der Waals surface area (Å²) in [5.74, 6) is -0.872. The third kappa shape index (κ3) is 4.45. The van der Waals surface area contributed by atoms with Gasteiger partial charge in [-0.05, 0) is 50.4 Å². The fourth-order valence-corrected chi connectivity index (χ4v) is 4.47. The van der Waals surface area contributed by atoms with Crippen molar-refractivity contribution in [1.29, 1.82) is 0 Å². The van der Waals surface area contributed by atoms with E-state index < -0.39 is 11.8 Å². The van der Waals surface area contributed by atoms with Gasteiger partial charge in [0.05, 0.1) is 0 Å². The van der Waals surface area contributed by atoms with E-state index in [0.29, 0.717) is 30.8 Å². The van der Waals surface area contributed by atoms with Crippen molar-refractivity contribution >= 4 is 22.7 Å². The van der Waals surface area contributed by atoms with Gasteiger partial charge in [0.1, 0.15) is 6.04 Å². The average molecular weight is 441 g/mol. The zero-order valence-corrected chi connectivity index (χ0v) is 18.0. The molecule has 0 unspecified atom stereocenters. The predicted molar refractivity (Wildman–Crippen MR) is 118 cm³/mol. The Kier molecular flexibility index (Phi) is 6.40. The van der Waals surface area contributed by atoms with Gasteiger partial charge >= 0.3 is 5.76 Å². The van der Waals surface area contributed by atoms with Crippen molar-refractivity contribution in [3.05, 3.63) is 52.4 Å². The molecule has 4 rings (SSSR count). The standard InChI is InChI=1S/C22H28N6O4/c1-28-12-10-13-14(5-3-9-18(13)28)20(29)25-17(8-4-11-23)21(30)24-16-7-2-6-15(16)19-26-22(31)32-27-19/h3,5,9-10,12,15-17H,2,4,6-8,11,23H2,1H3,(H,24,30)(H,25,29)(H,26,27,31)/t15-,16+,17+/m1/s1. The number of nitrogens with zero attached hydrogens (tertiary/aromatic N) is 2. The van der Waals surface area contributed by atoms with Crippen LogP contribution >= 0.6 is 0 Å². The lowest BCUT2D eigenvalue weighted by atomic mass is 10.0. The molecular weight excluding hydrogens is 412 g/mol. The molecule has 2 heterocycles. The lowest BCUT2D eigenvalue weighted by molar-refractivity contribution is -0.123. The molecule has 2 aromatic heterocycles. The van der Waals surface area contributed by atoms with Crippen LogP contribution < -0.4 is 22.1 Å². The van der Waals surface area contributed by atoms with Crippen molar-refractivity contribution in [2.75, 3.05) is 6.54 Å². The van der Waals surface area contributed by atoms with Crippen LogP contribution in [0.5, 0.6) is 0 Å². The molecule has 3 atom stereocenters. The number of hydrogen-bond donors (Lipinski definition) is 4. The van der Waals surface area contributed by atoms with Crippen molar-refractivity contribution in [2.24, 2.45) is 12.8 Å². The highest BCUT2D eigenvalue weighted by molar-refractivity contribution is 6.07. The highest BCUT2D eigenvalue weighted by Gasteiger charge is 2.34. The fourth-order valence-electron chi connectivity index (χ4n) is 4.47. The van der Waals surface area contributed by atoms with E-state index >= 15 is 0 Å².